The number of nitrogens with one attached hydrogen (secondary N) is 1. The van der Waals surface area contributed by atoms with Crippen LogP contribution in [0.1, 0.15) is 21.5 Å². The summed E-state index contributed by atoms with van der Waals surface area (Å²) < 4.78 is 16.6. The van der Waals surface area contributed by atoms with Crippen molar-refractivity contribution in [3.8, 4) is 11.5 Å². The van der Waals surface area contributed by atoms with Gasteiger partial charge in [-0.05, 0) is 12.1 Å². The van der Waals surface area contributed by atoms with E-state index in [1.807, 2.05) is 36.4 Å². The Morgan fingerprint density at radius 3 is 2.35 bits per heavy atom. The van der Waals surface area contributed by atoms with Crippen molar-refractivity contribution < 1.29 is 36.3 Å². The molecule has 5 nitrogen and oxygen atoms in total. The summed E-state index contributed by atoms with van der Waals surface area (Å²) in [4.78, 5) is 14.3. The molecule has 0 saturated carbocycles. The molecule has 0 radical (unpaired) electrons. The molecule has 0 atom stereocenters. The SMILES string of the molecule is COc1ccc(C(=O)c2ccccc2)c(OC)c1C[NH+]1CCOCC1.[Cl-]. The topological polar surface area (TPSA) is 49.2 Å². The molecule has 1 aliphatic heterocycles. The van der Waals surface area contributed by atoms with Gasteiger partial charge < -0.3 is 31.5 Å². The molecular weight excluding hydrogens is 354 g/mol. The summed E-state index contributed by atoms with van der Waals surface area (Å²) in [6.45, 7) is 4.11. The summed E-state index contributed by atoms with van der Waals surface area (Å²) in [6.07, 6.45) is 0. The molecule has 0 bridgehead atoms. The molecule has 0 unspecified atom stereocenters. The van der Waals surface area contributed by atoms with Crippen molar-refractivity contribution in [1.82, 2.24) is 0 Å². The molecule has 1 heterocycles. The fourth-order valence-electron chi connectivity index (χ4n) is 3.21. The predicted octanol–water partition coefficient (Wildman–Crippen LogP) is -1.65. The molecule has 2 aromatic rings. The van der Waals surface area contributed by atoms with Crippen molar-refractivity contribution in [3.05, 3.63) is 59.2 Å². The van der Waals surface area contributed by atoms with Crippen LogP contribution in [0.4, 0.5) is 0 Å². The minimum Gasteiger partial charge on any atom is -1.00 e. The Labute approximate surface area is 160 Å². The maximum absolute atomic E-state index is 12.9. The number of rotatable bonds is 6. The van der Waals surface area contributed by atoms with E-state index in [1.54, 1.807) is 20.3 Å². The Bertz CT molecular complexity index is 730. The van der Waals surface area contributed by atoms with Crippen LogP contribution in [0.3, 0.4) is 0 Å². The highest BCUT2D eigenvalue weighted by Crippen LogP contribution is 2.33. The largest absolute Gasteiger partial charge is 1.00 e. The second-order valence-corrected chi connectivity index (χ2v) is 6.06. The van der Waals surface area contributed by atoms with Gasteiger partial charge in [0.15, 0.2) is 5.78 Å². The van der Waals surface area contributed by atoms with E-state index in [9.17, 15) is 4.79 Å². The number of quaternary nitrogens is 1. The van der Waals surface area contributed by atoms with Crippen molar-refractivity contribution in [3.63, 3.8) is 0 Å². The van der Waals surface area contributed by atoms with Gasteiger partial charge in [-0.15, -0.1) is 0 Å². The Hall–Kier alpha value is -2.08. The molecule has 1 fully saturated rings. The zero-order valence-electron chi connectivity index (χ0n) is 15.1. The van der Waals surface area contributed by atoms with Crippen molar-refractivity contribution >= 4 is 5.78 Å². The maximum atomic E-state index is 12.9. The summed E-state index contributed by atoms with van der Waals surface area (Å²) in [7, 11) is 3.25. The fraction of sp³-hybridized carbons (Fsp3) is 0.350. The second-order valence-electron chi connectivity index (χ2n) is 6.06. The highest BCUT2D eigenvalue weighted by molar-refractivity contribution is 6.11. The summed E-state index contributed by atoms with van der Waals surface area (Å²) in [5.41, 5.74) is 2.15. The number of carbonyl (C=O) groups is 1. The third kappa shape index (κ3) is 4.36. The summed E-state index contributed by atoms with van der Waals surface area (Å²) >= 11 is 0. The molecule has 1 saturated heterocycles. The quantitative estimate of drug-likeness (QED) is 0.613. The second kappa shape index (κ2) is 9.57. The molecular formula is C20H24ClNO4. The van der Waals surface area contributed by atoms with Gasteiger partial charge in [0.25, 0.3) is 0 Å². The average Bonchev–Trinajstić information content (AvgIpc) is 2.68. The van der Waals surface area contributed by atoms with E-state index in [4.69, 9.17) is 14.2 Å². The molecule has 0 aromatic heterocycles. The number of ether oxygens (including phenoxy) is 3. The lowest BCUT2D eigenvalue weighted by molar-refractivity contribution is -0.921. The lowest BCUT2D eigenvalue weighted by Crippen LogP contribution is -3.12. The molecule has 0 aliphatic carbocycles. The van der Waals surface area contributed by atoms with Gasteiger partial charge in [-0.25, -0.2) is 0 Å². The Morgan fingerprint density at radius 1 is 1.04 bits per heavy atom. The number of halogens is 1. The average molecular weight is 378 g/mol. The van der Waals surface area contributed by atoms with Crippen LogP contribution in [-0.4, -0.2) is 46.3 Å². The number of methoxy groups -OCH3 is 2. The summed E-state index contributed by atoms with van der Waals surface area (Å²) in [6, 6.07) is 12.9. The highest BCUT2D eigenvalue weighted by Gasteiger charge is 2.25. The molecule has 26 heavy (non-hydrogen) atoms. The molecule has 1 aliphatic rings. The normalized spacial score (nSPS) is 14.4. The van der Waals surface area contributed by atoms with Gasteiger partial charge in [0.2, 0.25) is 0 Å². The third-order valence-electron chi connectivity index (χ3n) is 4.55. The first-order chi connectivity index (χ1) is 12.2. The van der Waals surface area contributed by atoms with Crippen LogP contribution in [0, 0.1) is 0 Å². The number of carbonyl (C=O) groups excluding carboxylic acids is 1. The van der Waals surface area contributed by atoms with Crippen LogP contribution in [0.5, 0.6) is 11.5 Å². The van der Waals surface area contributed by atoms with E-state index in [1.165, 1.54) is 4.90 Å². The minimum absolute atomic E-state index is 0. The standard InChI is InChI=1S/C20H23NO4.ClH/c1-23-18-9-8-16(19(22)15-6-4-3-5-7-15)20(24-2)17(18)14-21-10-12-25-13-11-21;/h3-9H,10-14H2,1-2H3;1H. The molecule has 2 aromatic carbocycles. The van der Waals surface area contributed by atoms with Gasteiger partial charge in [-0.1, -0.05) is 30.3 Å². The first-order valence-electron chi connectivity index (χ1n) is 8.49. The van der Waals surface area contributed by atoms with Crippen molar-refractivity contribution in [2.24, 2.45) is 0 Å². The number of ketones is 1. The summed E-state index contributed by atoms with van der Waals surface area (Å²) in [5, 5.41) is 0. The Morgan fingerprint density at radius 2 is 1.73 bits per heavy atom. The molecule has 140 valence electrons. The Balaban J connectivity index is 0.00000243. The van der Waals surface area contributed by atoms with Gasteiger partial charge in [0, 0.05) is 5.56 Å². The monoisotopic (exact) mass is 377 g/mol. The zero-order chi connectivity index (χ0) is 17.6. The van der Waals surface area contributed by atoms with Crippen LogP contribution >= 0.6 is 0 Å². The number of benzene rings is 2. The van der Waals surface area contributed by atoms with Gasteiger partial charge in [0.1, 0.15) is 31.1 Å². The highest BCUT2D eigenvalue weighted by atomic mass is 35.5. The van der Waals surface area contributed by atoms with Crippen molar-refractivity contribution in [1.29, 1.82) is 0 Å². The van der Waals surface area contributed by atoms with E-state index in [-0.39, 0.29) is 18.2 Å². The summed E-state index contributed by atoms with van der Waals surface area (Å²) in [5.74, 6) is 1.31. The van der Waals surface area contributed by atoms with Crippen LogP contribution in [0.25, 0.3) is 0 Å². The van der Waals surface area contributed by atoms with E-state index in [0.717, 1.165) is 44.2 Å². The fourth-order valence-corrected chi connectivity index (χ4v) is 3.21. The molecule has 1 N–H and O–H groups in total. The number of hydrogen-bond acceptors (Lipinski definition) is 4. The molecule has 0 spiro atoms. The predicted molar refractivity (Wildman–Crippen MR) is 94.6 cm³/mol. The number of morpholine rings is 1. The molecule has 0 amide bonds. The molecule has 6 heteroatoms. The first kappa shape index (κ1) is 20.2. The van der Waals surface area contributed by atoms with Crippen LogP contribution < -0.4 is 26.8 Å². The van der Waals surface area contributed by atoms with Gasteiger partial charge in [-0.2, -0.15) is 0 Å². The molecule has 3 rings (SSSR count). The van der Waals surface area contributed by atoms with Crippen LogP contribution in [-0.2, 0) is 11.3 Å². The number of hydrogen-bond donors (Lipinski definition) is 1. The zero-order valence-corrected chi connectivity index (χ0v) is 15.8. The maximum Gasteiger partial charge on any atom is 0.196 e. The lowest BCUT2D eigenvalue weighted by atomic mass is 9.98. The third-order valence-corrected chi connectivity index (χ3v) is 4.55. The van der Waals surface area contributed by atoms with Crippen LogP contribution in [0.15, 0.2) is 42.5 Å². The first-order valence-corrected chi connectivity index (χ1v) is 8.49. The lowest BCUT2D eigenvalue weighted by Gasteiger charge is -2.25. The van der Waals surface area contributed by atoms with Crippen molar-refractivity contribution in [2.45, 2.75) is 6.54 Å². The van der Waals surface area contributed by atoms with Gasteiger partial charge in [-0.3, -0.25) is 4.79 Å². The van der Waals surface area contributed by atoms with Crippen molar-refractivity contribution in [2.75, 3.05) is 40.5 Å². The van der Waals surface area contributed by atoms with Gasteiger partial charge in [0.05, 0.1) is 38.6 Å². The van der Waals surface area contributed by atoms with E-state index in [2.05, 4.69) is 0 Å². The van der Waals surface area contributed by atoms with Crippen LogP contribution in [0.2, 0.25) is 0 Å². The van der Waals surface area contributed by atoms with E-state index in [0.29, 0.717) is 16.9 Å². The minimum atomic E-state index is -0.0432. The van der Waals surface area contributed by atoms with Gasteiger partial charge >= 0.3 is 0 Å². The van der Waals surface area contributed by atoms with E-state index < -0.39 is 0 Å². The smallest absolute Gasteiger partial charge is 0.196 e. The Kier molecular flexibility index (Phi) is 7.45. The van der Waals surface area contributed by atoms with E-state index >= 15 is 0 Å².